The van der Waals surface area contributed by atoms with Crippen LogP contribution in [0, 0.1) is 18.7 Å². The van der Waals surface area contributed by atoms with Crippen molar-refractivity contribution in [1.82, 2.24) is 15.5 Å². The third kappa shape index (κ3) is 6.90. The number of nitrogens with one attached hydrogen (secondary N) is 2. The molecule has 0 radical (unpaired) electrons. The van der Waals surface area contributed by atoms with Crippen LogP contribution in [0.25, 0.3) is 0 Å². The molecule has 0 spiro atoms. The predicted octanol–water partition coefficient (Wildman–Crippen LogP) is 5.78. The van der Waals surface area contributed by atoms with Gasteiger partial charge in [-0.15, -0.1) is 0 Å². The first kappa shape index (κ1) is 27.2. The van der Waals surface area contributed by atoms with Crippen LogP contribution >= 0.6 is 0 Å². The maximum Gasteiger partial charge on any atom is 0.416 e. The molecule has 1 saturated heterocycles. The first-order chi connectivity index (χ1) is 18.1. The van der Waals surface area contributed by atoms with Crippen molar-refractivity contribution in [1.29, 1.82) is 0 Å². The molecule has 3 aromatic carbocycles. The van der Waals surface area contributed by atoms with E-state index in [-0.39, 0.29) is 36.8 Å². The summed E-state index contributed by atoms with van der Waals surface area (Å²) in [6, 6.07) is 18.7. The van der Waals surface area contributed by atoms with Crippen molar-refractivity contribution in [2.75, 3.05) is 13.1 Å². The minimum atomic E-state index is -4.47. The Morgan fingerprint density at radius 2 is 1.61 bits per heavy atom. The van der Waals surface area contributed by atoms with Crippen LogP contribution in [0.1, 0.15) is 40.2 Å². The van der Waals surface area contributed by atoms with E-state index in [0.29, 0.717) is 30.6 Å². The Labute approximate surface area is 218 Å². The first-order valence-corrected chi connectivity index (χ1v) is 12.4. The van der Waals surface area contributed by atoms with Gasteiger partial charge in [-0.2, -0.15) is 13.2 Å². The van der Waals surface area contributed by atoms with Gasteiger partial charge in [0.2, 0.25) is 5.91 Å². The van der Waals surface area contributed by atoms with Crippen LogP contribution in [0.4, 0.5) is 22.4 Å². The molecule has 200 valence electrons. The SMILES string of the molecule is Cc1cc([C@H]2C[C@H](C(=O)NCc3cccc(C(F)(F)F)c3)CN(C(=O)NCc3ccccc3)C2)ccc1F. The standard InChI is InChI=1S/C29H29F4N3O2/c1-19-12-22(10-11-26(19)30)23-14-24(18-36(17-23)28(38)35-15-20-6-3-2-4-7-20)27(37)34-16-21-8-5-9-25(13-21)29(31,32)33/h2-13,23-24H,14-18H2,1H3,(H,34,37)(H,35,38)/t23-,24-/m0/s1. The van der Waals surface area contributed by atoms with Crippen LogP contribution in [-0.2, 0) is 24.1 Å². The summed E-state index contributed by atoms with van der Waals surface area (Å²) in [4.78, 5) is 27.8. The van der Waals surface area contributed by atoms with Gasteiger partial charge in [-0.1, -0.05) is 54.6 Å². The summed E-state index contributed by atoms with van der Waals surface area (Å²) in [5.41, 5.74) is 1.76. The molecule has 38 heavy (non-hydrogen) atoms. The van der Waals surface area contributed by atoms with Crippen LogP contribution in [0.5, 0.6) is 0 Å². The van der Waals surface area contributed by atoms with Gasteiger partial charge in [0.1, 0.15) is 5.82 Å². The quantitative estimate of drug-likeness (QED) is 0.399. The van der Waals surface area contributed by atoms with Crippen LogP contribution < -0.4 is 10.6 Å². The number of hydrogen-bond acceptors (Lipinski definition) is 2. The topological polar surface area (TPSA) is 61.4 Å². The van der Waals surface area contributed by atoms with Gasteiger partial charge in [0.25, 0.3) is 0 Å². The van der Waals surface area contributed by atoms with Gasteiger partial charge >= 0.3 is 12.2 Å². The summed E-state index contributed by atoms with van der Waals surface area (Å²) in [5.74, 6) is -1.49. The molecule has 0 aromatic heterocycles. The zero-order chi connectivity index (χ0) is 27.3. The molecule has 3 aromatic rings. The number of halogens is 4. The van der Waals surface area contributed by atoms with Crippen molar-refractivity contribution in [2.24, 2.45) is 5.92 Å². The maximum absolute atomic E-state index is 13.9. The molecule has 5 nitrogen and oxygen atoms in total. The summed E-state index contributed by atoms with van der Waals surface area (Å²) in [6.45, 7) is 2.42. The zero-order valence-corrected chi connectivity index (χ0v) is 20.9. The molecule has 2 atom stereocenters. The van der Waals surface area contributed by atoms with E-state index in [1.165, 1.54) is 18.2 Å². The summed E-state index contributed by atoms with van der Waals surface area (Å²) in [7, 11) is 0. The van der Waals surface area contributed by atoms with Gasteiger partial charge in [-0.05, 0) is 53.8 Å². The van der Waals surface area contributed by atoms with Crippen molar-refractivity contribution in [3.8, 4) is 0 Å². The molecule has 1 aliphatic rings. The van der Waals surface area contributed by atoms with Crippen LogP contribution in [0.15, 0.2) is 72.8 Å². The first-order valence-electron chi connectivity index (χ1n) is 12.4. The fraction of sp³-hybridized carbons (Fsp3) is 0.310. The van der Waals surface area contributed by atoms with Crippen molar-refractivity contribution in [3.05, 3.63) is 106 Å². The third-order valence-electron chi connectivity index (χ3n) is 6.77. The highest BCUT2D eigenvalue weighted by molar-refractivity contribution is 5.81. The number of nitrogens with zero attached hydrogens (tertiary/aromatic N) is 1. The lowest BCUT2D eigenvalue weighted by Crippen LogP contribution is -2.50. The van der Waals surface area contributed by atoms with E-state index in [1.807, 2.05) is 30.3 Å². The number of rotatable bonds is 6. The largest absolute Gasteiger partial charge is 0.416 e. The second-order valence-corrected chi connectivity index (χ2v) is 9.60. The monoisotopic (exact) mass is 527 g/mol. The number of benzene rings is 3. The predicted molar refractivity (Wildman–Crippen MR) is 136 cm³/mol. The fourth-order valence-electron chi connectivity index (χ4n) is 4.69. The molecule has 1 heterocycles. The Morgan fingerprint density at radius 3 is 2.32 bits per heavy atom. The lowest BCUT2D eigenvalue weighted by Gasteiger charge is -2.37. The number of carbonyl (C=O) groups excluding carboxylic acids is 2. The summed E-state index contributed by atoms with van der Waals surface area (Å²) < 4.78 is 53.0. The molecular weight excluding hydrogens is 498 g/mol. The molecular formula is C29H29F4N3O2. The molecule has 0 saturated carbocycles. The fourth-order valence-corrected chi connectivity index (χ4v) is 4.69. The van der Waals surface area contributed by atoms with E-state index in [0.717, 1.165) is 23.3 Å². The normalized spacial score (nSPS) is 17.7. The number of carbonyl (C=O) groups is 2. The van der Waals surface area contributed by atoms with Gasteiger partial charge in [0.15, 0.2) is 0 Å². The average molecular weight is 528 g/mol. The number of piperidine rings is 1. The Bertz CT molecular complexity index is 1280. The van der Waals surface area contributed by atoms with Crippen molar-refractivity contribution in [3.63, 3.8) is 0 Å². The number of amides is 3. The molecule has 1 aliphatic heterocycles. The van der Waals surface area contributed by atoms with E-state index in [2.05, 4.69) is 10.6 Å². The second-order valence-electron chi connectivity index (χ2n) is 9.60. The summed E-state index contributed by atoms with van der Waals surface area (Å²) in [6.07, 6.45) is -4.06. The van der Waals surface area contributed by atoms with Crippen LogP contribution in [0.2, 0.25) is 0 Å². The molecule has 0 aliphatic carbocycles. The third-order valence-corrected chi connectivity index (χ3v) is 6.77. The Kier molecular flexibility index (Phi) is 8.34. The van der Waals surface area contributed by atoms with Gasteiger partial charge in [0.05, 0.1) is 11.5 Å². The van der Waals surface area contributed by atoms with Gasteiger partial charge in [0, 0.05) is 32.1 Å². The van der Waals surface area contributed by atoms with Crippen LogP contribution in [0.3, 0.4) is 0 Å². The van der Waals surface area contributed by atoms with Crippen LogP contribution in [-0.4, -0.2) is 29.9 Å². The molecule has 3 amide bonds. The molecule has 9 heteroatoms. The second kappa shape index (κ2) is 11.7. The highest BCUT2D eigenvalue weighted by atomic mass is 19.4. The van der Waals surface area contributed by atoms with E-state index < -0.39 is 17.7 Å². The summed E-state index contributed by atoms with van der Waals surface area (Å²) in [5, 5.41) is 5.62. The lowest BCUT2D eigenvalue weighted by molar-refractivity contribution is -0.137. The molecule has 4 rings (SSSR count). The van der Waals surface area contributed by atoms with E-state index in [4.69, 9.17) is 0 Å². The van der Waals surface area contributed by atoms with E-state index in [1.54, 1.807) is 24.0 Å². The Balaban J connectivity index is 1.47. The minimum Gasteiger partial charge on any atom is -0.352 e. The smallest absolute Gasteiger partial charge is 0.352 e. The Hall–Kier alpha value is -3.88. The van der Waals surface area contributed by atoms with E-state index in [9.17, 15) is 27.2 Å². The van der Waals surface area contributed by atoms with Crippen molar-refractivity contribution >= 4 is 11.9 Å². The number of alkyl halides is 3. The number of urea groups is 1. The highest BCUT2D eigenvalue weighted by Crippen LogP contribution is 2.32. The lowest BCUT2D eigenvalue weighted by atomic mass is 9.83. The average Bonchev–Trinajstić information content (AvgIpc) is 2.92. The van der Waals surface area contributed by atoms with Crippen molar-refractivity contribution < 1.29 is 27.2 Å². The number of hydrogen-bond donors (Lipinski definition) is 2. The van der Waals surface area contributed by atoms with Crippen molar-refractivity contribution in [2.45, 2.75) is 38.5 Å². The molecule has 2 N–H and O–H groups in total. The summed E-state index contributed by atoms with van der Waals surface area (Å²) >= 11 is 0. The number of likely N-dealkylation sites (tertiary alicyclic amines) is 1. The van der Waals surface area contributed by atoms with Gasteiger partial charge in [-0.25, -0.2) is 9.18 Å². The highest BCUT2D eigenvalue weighted by Gasteiger charge is 2.35. The van der Waals surface area contributed by atoms with E-state index >= 15 is 0 Å². The van der Waals surface area contributed by atoms with Gasteiger partial charge in [-0.3, -0.25) is 4.79 Å². The molecule has 0 bridgehead atoms. The molecule has 0 unspecified atom stereocenters. The Morgan fingerprint density at radius 1 is 0.895 bits per heavy atom. The van der Waals surface area contributed by atoms with Gasteiger partial charge < -0.3 is 15.5 Å². The zero-order valence-electron chi connectivity index (χ0n) is 20.9. The molecule has 1 fully saturated rings. The minimum absolute atomic E-state index is 0.0697. The maximum atomic E-state index is 13.9. The number of aryl methyl sites for hydroxylation is 1.